The van der Waals surface area contributed by atoms with E-state index in [4.69, 9.17) is 4.74 Å². The van der Waals surface area contributed by atoms with E-state index in [-0.39, 0.29) is 11.5 Å². The summed E-state index contributed by atoms with van der Waals surface area (Å²) in [6.07, 6.45) is -5.40. The second-order valence-electron chi connectivity index (χ2n) is 6.45. The fraction of sp³-hybridized carbons (Fsp3) is 0.278. The molecule has 9 nitrogen and oxygen atoms in total. The van der Waals surface area contributed by atoms with E-state index >= 15 is 0 Å². The van der Waals surface area contributed by atoms with E-state index in [1.165, 1.54) is 23.5 Å². The molecule has 4 rings (SSSR count). The zero-order chi connectivity index (χ0) is 20.7. The van der Waals surface area contributed by atoms with Crippen LogP contribution in [0.4, 0.5) is 4.39 Å². The first kappa shape index (κ1) is 19.6. The third-order valence-corrected chi connectivity index (χ3v) is 5.72. The standard InChI is InChI=1S/C18H16FN3O6S/c19-9-3-1-8(2-4-9)11-5-6-12(29-11)13-16(26)20-18(27)22(21-13)17-15(25)14(24)10(7-23)28-17/h1-6,10,14-15,17,23-25H,7H2,(H,20,26,27)/t10-,14-,15-,17-/m1/s1. The van der Waals surface area contributed by atoms with Crippen molar-refractivity contribution in [2.45, 2.75) is 24.5 Å². The van der Waals surface area contributed by atoms with Gasteiger partial charge in [0, 0.05) is 4.88 Å². The summed E-state index contributed by atoms with van der Waals surface area (Å²) in [7, 11) is 0. The van der Waals surface area contributed by atoms with Crippen molar-refractivity contribution in [1.29, 1.82) is 0 Å². The van der Waals surface area contributed by atoms with E-state index in [2.05, 4.69) is 10.1 Å². The highest BCUT2D eigenvalue weighted by atomic mass is 32.1. The average molecular weight is 421 g/mol. The maximum Gasteiger partial charge on any atom is 0.347 e. The SMILES string of the molecule is O=c1[nH]c(=O)n([C@@H]2O[C@H](CO)[C@@H](O)[C@H]2O)nc1-c1ccc(-c2ccc(F)cc2)s1. The van der Waals surface area contributed by atoms with E-state index in [9.17, 15) is 29.3 Å². The predicted molar refractivity (Wildman–Crippen MR) is 101 cm³/mol. The van der Waals surface area contributed by atoms with Gasteiger partial charge in [-0.05, 0) is 29.8 Å². The Morgan fingerprint density at radius 3 is 2.45 bits per heavy atom. The van der Waals surface area contributed by atoms with Gasteiger partial charge in [-0.1, -0.05) is 12.1 Å². The monoisotopic (exact) mass is 421 g/mol. The van der Waals surface area contributed by atoms with Gasteiger partial charge in [0.15, 0.2) is 11.9 Å². The maximum atomic E-state index is 13.1. The lowest BCUT2D eigenvalue weighted by Gasteiger charge is -2.16. The van der Waals surface area contributed by atoms with Crippen molar-refractivity contribution < 1.29 is 24.4 Å². The van der Waals surface area contributed by atoms with Gasteiger partial charge in [-0.2, -0.15) is 9.78 Å². The molecule has 0 spiro atoms. The Kier molecular flexibility index (Phi) is 5.15. The van der Waals surface area contributed by atoms with Gasteiger partial charge in [0.05, 0.1) is 11.5 Å². The van der Waals surface area contributed by atoms with Crippen LogP contribution in [0.5, 0.6) is 0 Å². The summed E-state index contributed by atoms with van der Waals surface area (Å²) in [4.78, 5) is 27.8. The number of thiophene rings is 1. The van der Waals surface area contributed by atoms with Gasteiger partial charge in [-0.25, -0.2) is 9.18 Å². The summed E-state index contributed by atoms with van der Waals surface area (Å²) >= 11 is 1.21. The number of hydrogen-bond donors (Lipinski definition) is 4. The molecule has 152 valence electrons. The van der Waals surface area contributed by atoms with Crippen molar-refractivity contribution in [1.82, 2.24) is 14.8 Å². The lowest BCUT2D eigenvalue weighted by molar-refractivity contribution is -0.0616. The molecule has 3 heterocycles. The van der Waals surface area contributed by atoms with Crippen molar-refractivity contribution >= 4 is 11.3 Å². The normalized spacial score (nSPS) is 24.1. The average Bonchev–Trinajstić information content (AvgIpc) is 3.29. The number of nitrogens with zero attached hydrogens (tertiary/aromatic N) is 2. The molecule has 0 aliphatic carbocycles. The smallest absolute Gasteiger partial charge is 0.347 e. The molecule has 11 heteroatoms. The first-order valence-corrected chi connectivity index (χ1v) is 9.42. The number of H-pyrrole nitrogens is 1. The molecule has 4 atom stereocenters. The molecule has 4 N–H and O–H groups in total. The number of aromatic amines is 1. The third kappa shape index (κ3) is 3.54. The Labute approximate surface area is 166 Å². The van der Waals surface area contributed by atoms with E-state index in [1.807, 2.05) is 0 Å². The Morgan fingerprint density at radius 1 is 1.10 bits per heavy atom. The molecule has 29 heavy (non-hydrogen) atoms. The molecular weight excluding hydrogens is 405 g/mol. The number of hydrogen-bond acceptors (Lipinski definition) is 8. The second kappa shape index (κ2) is 7.61. The highest BCUT2D eigenvalue weighted by Gasteiger charge is 2.44. The minimum Gasteiger partial charge on any atom is -0.394 e. The second-order valence-corrected chi connectivity index (χ2v) is 7.54. The van der Waals surface area contributed by atoms with Gasteiger partial charge in [0.25, 0.3) is 5.56 Å². The Balaban J connectivity index is 1.73. The number of halogens is 1. The summed E-state index contributed by atoms with van der Waals surface area (Å²) in [5, 5.41) is 33.3. The van der Waals surface area contributed by atoms with Gasteiger partial charge < -0.3 is 20.1 Å². The van der Waals surface area contributed by atoms with Crippen LogP contribution in [0.3, 0.4) is 0 Å². The van der Waals surface area contributed by atoms with Crippen LogP contribution in [0.15, 0.2) is 46.0 Å². The quantitative estimate of drug-likeness (QED) is 0.468. The third-order valence-electron chi connectivity index (χ3n) is 4.58. The van der Waals surface area contributed by atoms with E-state index in [0.29, 0.717) is 4.88 Å². The fourth-order valence-electron chi connectivity index (χ4n) is 3.06. The van der Waals surface area contributed by atoms with Gasteiger partial charge in [-0.3, -0.25) is 9.78 Å². The van der Waals surface area contributed by atoms with E-state index < -0.39 is 42.4 Å². The van der Waals surface area contributed by atoms with Crippen molar-refractivity contribution in [2.75, 3.05) is 6.61 Å². The van der Waals surface area contributed by atoms with Crippen LogP contribution < -0.4 is 11.2 Å². The summed E-state index contributed by atoms with van der Waals surface area (Å²) in [5.74, 6) is -0.366. The van der Waals surface area contributed by atoms with Gasteiger partial charge in [-0.15, -0.1) is 11.3 Å². The minimum atomic E-state index is -1.52. The van der Waals surface area contributed by atoms with Crippen LogP contribution in [0, 0.1) is 5.82 Å². The van der Waals surface area contributed by atoms with Crippen molar-refractivity contribution in [3.8, 4) is 21.0 Å². The molecule has 1 fully saturated rings. The molecule has 0 unspecified atom stereocenters. The first-order chi connectivity index (χ1) is 13.9. The van der Waals surface area contributed by atoms with E-state index in [1.54, 1.807) is 24.3 Å². The highest BCUT2D eigenvalue weighted by molar-refractivity contribution is 7.18. The lowest BCUT2D eigenvalue weighted by atomic mass is 10.1. The zero-order valence-corrected chi connectivity index (χ0v) is 15.5. The van der Waals surface area contributed by atoms with Crippen LogP contribution >= 0.6 is 11.3 Å². The molecule has 0 bridgehead atoms. The number of aliphatic hydroxyl groups excluding tert-OH is 3. The number of benzene rings is 1. The lowest BCUT2D eigenvalue weighted by Crippen LogP contribution is -2.40. The number of nitrogens with one attached hydrogen (secondary N) is 1. The molecule has 0 radical (unpaired) electrons. The number of ether oxygens (including phenoxy) is 1. The predicted octanol–water partition coefficient (Wildman–Crippen LogP) is 0.0777. The highest BCUT2D eigenvalue weighted by Crippen LogP contribution is 2.33. The molecule has 1 aromatic carbocycles. The van der Waals surface area contributed by atoms with Crippen LogP contribution in [-0.4, -0.2) is 55.0 Å². The van der Waals surface area contributed by atoms with Crippen LogP contribution in [0.1, 0.15) is 6.23 Å². The number of aliphatic hydroxyl groups is 3. The molecule has 2 aromatic heterocycles. The van der Waals surface area contributed by atoms with Crippen molar-refractivity contribution in [3.63, 3.8) is 0 Å². The molecule has 3 aromatic rings. The van der Waals surface area contributed by atoms with Crippen LogP contribution in [0.2, 0.25) is 0 Å². The summed E-state index contributed by atoms with van der Waals surface area (Å²) in [6, 6.07) is 9.21. The zero-order valence-electron chi connectivity index (χ0n) is 14.7. The van der Waals surface area contributed by atoms with Crippen LogP contribution in [0.25, 0.3) is 21.0 Å². The fourth-order valence-corrected chi connectivity index (χ4v) is 4.06. The van der Waals surface area contributed by atoms with E-state index in [0.717, 1.165) is 15.1 Å². The molecule has 1 aliphatic heterocycles. The van der Waals surface area contributed by atoms with Crippen molar-refractivity contribution in [2.24, 2.45) is 0 Å². The van der Waals surface area contributed by atoms with Gasteiger partial charge in [0.1, 0.15) is 24.1 Å². The maximum absolute atomic E-state index is 13.1. The summed E-state index contributed by atoms with van der Waals surface area (Å²) < 4.78 is 19.2. The first-order valence-electron chi connectivity index (χ1n) is 8.61. The van der Waals surface area contributed by atoms with Crippen molar-refractivity contribution in [3.05, 3.63) is 63.1 Å². The summed E-state index contributed by atoms with van der Waals surface area (Å²) in [5.41, 5.74) is -0.994. The largest absolute Gasteiger partial charge is 0.394 e. The van der Waals surface area contributed by atoms with Gasteiger partial charge >= 0.3 is 5.69 Å². The minimum absolute atomic E-state index is 0.0827. The van der Waals surface area contributed by atoms with Crippen LogP contribution in [-0.2, 0) is 4.74 Å². The molecule has 1 saturated heterocycles. The molecule has 0 amide bonds. The Morgan fingerprint density at radius 2 is 1.79 bits per heavy atom. The molecular formula is C18H16FN3O6S. The molecule has 0 saturated carbocycles. The number of rotatable bonds is 4. The topological polar surface area (TPSA) is 138 Å². The Hall–Kier alpha value is -2.70. The Bertz CT molecular complexity index is 1140. The number of aromatic nitrogens is 3. The summed E-state index contributed by atoms with van der Waals surface area (Å²) in [6.45, 7) is -0.564. The molecule has 1 aliphatic rings. The van der Waals surface area contributed by atoms with Gasteiger partial charge in [0.2, 0.25) is 0 Å².